The highest BCUT2D eigenvalue weighted by molar-refractivity contribution is 5.91. The number of primary amides is 1. The average molecular weight is 274 g/mol. The molecule has 1 aliphatic heterocycles. The maximum Gasteiger partial charge on any atom is 0.267 e. The van der Waals surface area contributed by atoms with Crippen LogP contribution in [0.15, 0.2) is 18.2 Å². The summed E-state index contributed by atoms with van der Waals surface area (Å²) in [6.07, 6.45) is 5.08. The molecule has 5 heteroatoms. The van der Waals surface area contributed by atoms with Crippen molar-refractivity contribution in [3.8, 4) is 0 Å². The van der Waals surface area contributed by atoms with E-state index in [-0.39, 0.29) is 0 Å². The summed E-state index contributed by atoms with van der Waals surface area (Å²) in [5, 5.41) is 3.53. The van der Waals surface area contributed by atoms with Crippen molar-refractivity contribution in [2.75, 3.05) is 24.5 Å². The second kappa shape index (κ2) is 5.79. The molecule has 20 heavy (non-hydrogen) atoms. The zero-order chi connectivity index (χ0) is 13.9. The number of amides is 1. The van der Waals surface area contributed by atoms with Crippen LogP contribution in [0.3, 0.4) is 0 Å². The van der Waals surface area contributed by atoms with Gasteiger partial charge in [-0.3, -0.25) is 4.79 Å². The SMILES string of the molecule is NC(=O)c1cccc(N(CC2CC2)CC2CCCN2)n1. The zero-order valence-electron chi connectivity index (χ0n) is 11.7. The number of nitrogens with zero attached hydrogens (tertiary/aromatic N) is 2. The van der Waals surface area contributed by atoms with Crippen LogP contribution >= 0.6 is 0 Å². The summed E-state index contributed by atoms with van der Waals surface area (Å²) < 4.78 is 0. The van der Waals surface area contributed by atoms with Crippen LogP contribution in [0.2, 0.25) is 0 Å². The molecule has 1 saturated heterocycles. The molecule has 1 atom stereocenters. The van der Waals surface area contributed by atoms with Gasteiger partial charge in [-0.2, -0.15) is 0 Å². The number of carbonyl (C=O) groups is 1. The Hall–Kier alpha value is -1.62. The molecular formula is C15H22N4O. The topological polar surface area (TPSA) is 71.2 Å². The molecule has 1 aliphatic carbocycles. The Morgan fingerprint density at radius 3 is 2.85 bits per heavy atom. The minimum absolute atomic E-state index is 0.350. The molecule has 3 rings (SSSR count). The zero-order valence-corrected chi connectivity index (χ0v) is 11.7. The van der Waals surface area contributed by atoms with Gasteiger partial charge in [0.2, 0.25) is 0 Å². The highest BCUT2D eigenvalue weighted by atomic mass is 16.1. The summed E-state index contributed by atoms with van der Waals surface area (Å²) in [4.78, 5) is 18.0. The minimum Gasteiger partial charge on any atom is -0.364 e. The van der Waals surface area contributed by atoms with Gasteiger partial charge in [-0.1, -0.05) is 6.07 Å². The Kier molecular flexibility index (Phi) is 3.87. The third-order valence-electron chi connectivity index (χ3n) is 4.09. The lowest BCUT2D eigenvalue weighted by Gasteiger charge is -2.27. The third kappa shape index (κ3) is 3.28. The second-order valence-corrected chi connectivity index (χ2v) is 5.89. The first-order valence-corrected chi connectivity index (χ1v) is 7.47. The average Bonchev–Trinajstić information content (AvgIpc) is 3.12. The van der Waals surface area contributed by atoms with Gasteiger partial charge in [-0.15, -0.1) is 0 Å². The van der Waals surface area contributed by atoms with Gasteiger partial charge < -0.3 is 16.0 Å². The molecule has 108 valence electrons. The highest BCUT2D eigenvalue weighted by Gasteiger charge is 2.27. The Bertz CT molecular complexity index is 481. The van der Waals surface area contributed by atoms with Crippen LogP contribution in [-0.2, 0) is 0 Å². The fourth-order valence-electron chi connectivity index (χ4n) is 2.79. The lowest BCUT2D eigenvalue weighted by molar-refractivity contribution is 0.0995. The molecule has 1 saturated carbocycles. The molecule has 2 aliphatic rings. The van der Waals surface area contributed by atoms with Gasteiger partial charge in [0.25, 0.3) is 5.91 Å². The fraction of sp³-hybridized carbons (Fsp3) is 0.600. The van der Waals surface area contributed by atoms with Crippen LogP contribution in [0, 0.1) is 5.92 Å². The molecule has 2 fully saturated rings. The van der Waals surface area contributed by atoms with Crippen molar-refractivity contribution in [3.05, 3.63) is 23.9 Å². The summed E-state index contributed by atoms with van der Waals surface area (Å²) >= 11 is 0. The quantitative estimate of drug-likeness (QED) is 0.816. The van der Waals surface area contributed by atoms with Crippen molar-refractivity contribution in [3.63, 3.8) is 0 Å². The van der Waals surface area contributed by atoms with E-state index >= 15 is 0 Å². The molecule has 1 aromatic heterocycles. The van der Waals surface area contributed by atoms with Gasteiger partial charge in [-0.05, 0) is 50.3 Å². The van der Waals surface area contributed by atoms with E-state index in [4.69, 9.17) is 5.73 Å². The van der Waals surface area contributed by atoms with Gasteiger partial charge in [0.05, 0.1) is 0 Å². The van der Waals surface area contributed by atoms with Crippen molar-refractivity contribution >= 4 is 11.7 Å². The number of aromatic nitrogens is 1. The number of nitrogens with one attached hydrogen (secondary N) is 1. The van der Waals surface area contributed by atoms with Crippen LogP contribution in [0.1, 0.15) is 36.2 Å². The predicted molar refractivity (Wildman–Crippen MR) is 78.7 cm³/mol. The lowest BCUT2D eigenvalue weighted by Crippen LogP contribution is -2.39. The highest BCUT2D eigenvalue weighted by Crippen LogP contribution is 2.31. The van der Waals surface area contributed by atoms with Crippen molar-refractivity contribution in [2.24, 2.45) is 11.7 Å². The van der Waals surface area contributed by atoms with Crippen LogP contribution in [0.4, 0.5) is 5.82 Å². The first kappa shape index (κ1) is 13.4. The van der Waals surface area contributed by atoms with Gasteiger partial charge in [0.15, 0.2) is 0 Å². The van der Waals surface area contributed by atoms with Gasteiger partial charge in [0, 0.05) is 19.1 Å². The number of hydrogen-bond acceptors (Lipinski definition) is 4. The van der Waals surface area contributed by atoms with E-state index in [1.165, 1.54) is 25.7 Å². The molecule has 1 aromatic rings. The molecule has 0 bridgehead atoms. The predicted octanol–water partition coefficient (Wildman–Crippen LogP) is 1.15. The largest absolute Gasteiger partial charge is 0.364 e. The second-order valence-electron chi connectivity index (χ2n) is 5.89. The summed E-state index contributed by atoms with van der Waals surface area (Å²) in [6, 6.07) is 6.05. The molecule has 1 amide bonds. The normalized spacial score (nSPS) is 21.9. The van der Waals surface area contributed by atoms with Gasteiger partial charge in [-0.25, -0.2) is 4.98 Å². The third-order valence-corrected chi connectivity index (χ3v) is 4.09. The number of carbonyl (C=O) groups excluding carboxylic acids is 1. The van der Waals surface area contributed by atoms with E-state index in [0.29, 0.717) is 11.7 Å². The number of nitrogens with two attached hydrogens (primary N) is 1. The van der Waals surface area contributed by atoms with Crippen LogP contribution in [0.25, 0.3) is 0 Å². The molecule has 1 unspecified atom stereocenters. The first-order valence-electron chi connectivity index (χ1n) is 7.47. The number of rotatable bonds is 6. The summed E-state index contributed by atoms with van der Waals surface area (Å²) in [5.74, 6) is 1.20. The van der Waals surface area contributed by atoms with E-state index < -0.39 is 5.91 Å². The maximum absolute atomic E-state index is 11.3. The Morgan fingerprint density at radius 2 is 2.20 bits per heavy atom. The van der Waals surface area contributed by atoms with Crippen molar-refractivity contribution < 1.29 is 4.79 Å². The maximum atomic E-state index is 11.3. The number of pyridine rings is 1. The van der Waals surface area contributed by atoms with E-state index in [2.05, 4.69) is 15.2 Å². The molecule has 3 N–H and O–H groups in total. The van der Waals surface area contributed by atoms with Crippen LogP contribution < -0.4 is 16.0 Å². The Labute approximate surface area is 119 Å². The minimum atomic E-state index is -0.461. The van der Waals surface area contributed by atoms with Gasteiger partial charge >= 0.3 is 0 Å². The van der Waals surface area contributed by atoms with E-state index in [9.17, 15) is 4.79 Å². The molecule has 2 heterocycles. The monoisotopic (exact) mass is 274 g/mol. The lowest BCUT2D eigenvalue weighted by atomic mass is 10.2. The Balaban J connectivity index is 1.75. The fourth-order valence-corrected chi connectivity index (χ4v) is 2.79. The van der Waals surface area contributed by atoms with E-state index in [1.54, 1.807) is 6.07 Å². The molecular weight excluding hydrogens is 252 g/mol. The van der Waals surface area contributed by atoms with Crippen LogP contribution in [-0.4, -0.2) is 36.6 Å². The number of hydrogen-bond donors (Lipinski definition) is 2. The standard InChI is InChI=1S/C15H22N4O/c16-15(20)13-4-1-5-14(18-13)19(9-11-6-7-11)10-12-3-2-8-17-12/h1,4-5,11-12,17H,2-3,6-10H2,(H2,16,20). The van der Waals surface area contributed by atoms with E-state index in [1.807, 2.05) is 12.1 Å². The Morgan fingerprint density at radius 1 is 1.35 bits per heavy atom. The van der Waals surface area contributed by atoms with Crippen molar-refractivity contribution in [1.82, 2.24) is 10.3 Å². The first-order chi connectivity index (χ1) is 9.72. The summed E-state index contributed by atoms with van der Waals surface area (Å²) in [5.41, 5.74) is 5.68. The molecule has 0 aromatic carbocycles. The van der Waals surface area contributed by atoms with Gasteiger partial charge in [0.1, 0.15) is 11.5 Å². The molecule has 0 spiro atoms. The summed E-state index contributed by atoms with van der Waals surface area (Å²) in [6.45, 7) is 3.11. The van der Waals surface area contributed by atoms with Crippen molar-refractivity contribution in [1.29, 1.82) is 0 Å². The summed E-state index contributed by atoms with van der Waals surface area (Å²) in [7, 11) is 0. The van der Waals surface area contributed by atoms with Crippen molar-refractivity contribution in [2.45, 2.75) is 31.7 Å². The molecule has 0 radical (unpaired) electrons. The van der Waals surface area contributed by atoms with E-state index in [0.717, 1.165) is 31.4 Å². The number of anilines is 1. The molecule has 5 nitrogen and oxygen atoms in total. The smallest absolute Gasteiger partial charge is 0.267 e. The van der Waals surface area contributed by atoms with Crippen LogP contribution in [0.5, 0.6) is 0 Å².